The van der Waals surface area contributed by atoms with Gasteiger partial charge >= 0.3 is 0 Å². The Bertz CT molecular complexity index is 165. The molecule has 0 aromatic rings. The van der Waals surface area contributed by atoms with Crippen molar-refractivity contribution in [2.75, 3.05) is 0 Å². The first-order chi connectivity index (χ1) is 9.77. The van der Waals surface area contributed by atoms with Crippen LogP contribution < -0.4 is 0 Å². The third-order valence-corrected chi connectivity index (χ3v) is 4.60. The van der Waals surface area contributed by atoms with Crippen LogP contribution in [0.3, 0.4) is 0 Å². The van der Waals surface area contributed by atoms with E-state index in [4.69, 9.17) is 0 Å². The predicted octanol–water partition coefficient (Wildman–Crippen LogP) is 7.51. The molecule has 0 N–H and O–H groups in total. The Kier molecular flexibility index (Phi) is 17.9. The second-order valence-corrected chi connectivity index (χ2v) is 7.85. The Morgan fingerprint density at radius 3 is 1.15 bits per heavy atom. The molecule has 0 aromatic carbocycles. The van der Waals surface area contributed by atoms with Crippen LogP contribution in [0.1, 0.15) is 117 Å². The Morgan fingerprint density at radius 2 is 0.850 bits per heavy atom. The molecular weight excluding hydrogens is 259 g/mol. The van der Waals surface area contributed by atoms with Crippen molar-refractivity contribution in [3.63, 3.8) is 0 Å². The molecule has 0 spiro atoms. The fraction of sp³-hybridized carbons (Fsp3) is 1.00. The van der Waals surface area contributed by atoms with Gasteiger partial charge in [0.05, 0.1) is 0 Å². The summed E-state index contributed by atoms with van der Waals surface area (Å²) in [6.45, 7) is 4.60. The number of hydrogen-bond donors (Lipinski definition) is 0. The normalized spacial score (nSPS) is 12.8. The molecule has 0 saturated heterocycles. The first kappa shape index (κ1) is 20.4. The van der Waals surface area contributed by atoms with Gasteiger partial charge < -0.3 is 0 Å². The van der Waals surface area contributed by atoms with Crippen LogP contribution >= 0.6 is 9.24 Å². The second-order valence-electron chi connectivity index (χ2n) is 6.72. The molecule has 0 heterocycles. The third-order valence-electron chi connectivity index (χ3n) is 4.26. The van der Waals surface area contributed by atoms with E-state index in [9.17, 15) is 0 Å². The van der Waals surface area contributed by atoms with E-state index in [0.717, 1.165) is 5.66 Å². The van der Waals surface area contributed by atoms with Crippen molar-refractivity contribution in [3.8, 4) is 0 Å². The topological polar surface area (TPSA) is 0 Å². The van der Waals surface area contributed by atoms with Crippen LogP contribution in [-0.2, 0) is 0 Å². The average Bonchev–Trinajstić information content (AvgIpc) is 2.43. The number of rotatable bonds is 16. The molecule has 0 aliphatic rings. The average molecular weight is 301 g/mol. The molecule has 2 unspecified atom stereocenters. The van der Waals surface area contributed by atoms with Crippen molar-refractivity contribution in [3.05, 3.63) is 0 Å². The van der Waals surface area contributed by atoms with E-state index in [1.165, 1.54) is 103 Å². The van der Waals surface area contributed by atoms with Crippen LogP contribution in [0.5, 0.6) is 0 Å². The summed E-state index contributed by atoms with van der Waals surface area (Å²) in [7, 11) is 2.91. The molecule has 20 heavy (non-hydrogen) atoms. The lowest BCUT2D eigenvalue weighted by Gasteiger charge is -2.04. The highest BCUT2D eigenvalue weighted by Crippen LogP contribution is 2.15. The summed E-state index contributed by atoms with van der Waals surface area (Å²) in [6.07, 6.45) is 23.3. The zero-order chi connectivity index (χ0) is 14.9. The molecule has 0 fully saturated rings. The predicted molar refractivity (Wildman–Crippen MR) is 98.7 cm³/mol. The summed E-state index contributed by atoms with van der Waals surface area (Å²) >= 11 is 0. The Morgan fingerprint density at radius 1 is 0.550 bits per heavy atom. The molecular formula is C19H41P. The van der Waals surface area contributed by atoms with Gasteiger partial charge in [0.15, 0.2) is 0 Å². The zero-order valence-corrected chi connectivity index (χ0v) is 15.6. The summed E-state index contributed by atoms with van der Waals surface area (Å²) in [6, 6.07) is 0. The van der Waals surface area contributed by atoms with Gasteiger partial charge in [-0.15, -0.1) is 9.24 Å². The van der Waals surface area contributed by atoms with Crippen molar-refractivity contribution in [2.24, 2.45) is 0 Å². The van der Waals surface area contributed by atoms with Crippen LogP contribution in [0, 0.1) is 0 Å². The van der Waals surface area contributed by atoms with E-state index in [0.29, 0.717) is 0 Å². The number of hydrogen-bond acceptors (Lipinski definition) is 0. The molecule has 0 aliphatic carbocycles. The Balaban J connectivity index is 2.92. The van der Waals surface area contributed by atoms with Gasteiger partial charge in [-0.1, -0.05) is 110 Å². The monoisotopic (exact) mass is 300 g/mol. The molecule has 122 valence electrons. The fourth-order valence-electron chi connectivity index (χ4n) is 2.84. The van der Waals surface area contributed by atoms with Crippen molar-refractivity contribution >= 4 is 9.24 Å². The SMILES string of the molecule is CCCCCCCCCCCCCCCCCC(C)P. The van der Waals surface area contributed by atoms with E-state index in [1.54, 1.807) is 0 Å². The van der Waals surface area contributed by atoms with Gasteiger partial charge in [0, 0.05) is 0 Å². The van der Waals surface area contributed by atoms with Crippen molar-refractivity contribution in [2.45, 2.75) is 122 Å². The number of unbranched alkanes of at least 4 members (excludes halogenated alkanes) is 14. The lowest BCUT2D eigenvalue weighted by molar-refractivity contribution is 0.529. The molecule has 0 aromatic heterocycles. The van der Waals surface area contributed by atoms with Gasteiger partial charge in [-0.3, -0.25) is 0 Å². The zero-order valence-electron chi connectivity index (χ0n) is 14.5. The summed E-state index contributed by atoms with van der Waals surface area (Å²) in [4.78, 5) is 0. The van der Waals surface area contributed by atoms with Crippen molar-refractivity contribution in [1.82, 2.24) is 0 Å². The molecule has 2 atom stereocenters. The Hall–Kier alpha value is 0.430. The summed E-state index contributed by atoms with van der Waals surface area (Å²) in [5.74, 6) is 0. The maximum atomic E-state index is 2.91. The molecule has 0 bridgehead atoms. The minimum atomic E-state index is 0.817. The summed E-state index contributed by atoms with van der Waals surface area (Å²) in [5, 5.41) is 0. The van der Waals surface area contributed by atoms with Crippen LogP contribution in [0.25, 0.3) is 0 Å². The Labute approximate surface area is 132 Å². The second kappa shape index (κ2) is 17.5. The van der Waals surface area contributed by atoms with Crippen molar-refractivity contribution in [1.29, 1.82) is 0 Å². The van der Waals surface area contributed by atoms with E-state index in [1.807, 2.05) is 0 Å². The maximum absolute atomic E-state index is 2.91. The largest absolute Gasteiger partial charge is 0.135 e. The van der Waals surface area contributed by atoms with Gasteiger partial charge in [0.1, 0.15) is 0 Å². The van der Waals surface area contributed by atoms with E-state index in [2.05, 4.69) is 23.1 Å². The van der Waals surface area contributed by atoms with E-state index in [-0.39, 0.29) is 0 Å². The minimum absolute atomic E-state index is 0.817. The smallest absolute Gasteiger partial charge is 0.0293 e. The van der Waals surface area contributed by atoms with Gasteiger partial charge in [0.25, 0.3) is 0 Å². The molecule has 0 amide bonds. The van der Waals surface area contributed by atoms with Gasteiger partial charge in [-0.05, 0) is 12.1 Å². The fourth-order valence-corrected chi connectivity index (χ4v) is 3.07. The van der Waals surface area contributed by atoms with Crippen molar-refractivity contribution < 1.29 is 0 Å². The summed E-state index contributed by atoms with van der Waals surface area (Å²) < 4.78 is 0. The first-order valence-electron chi connectivity index (χ1n) is 9.53. The van der Waals surface area contributed by atoms with Crippen LogP contribution in [0.15, 0.2) is 0 Å². The molecule has 1 heteroatoms. The highest BCUT2D eigenvalue weighted by molar-refractivity contribution is 7.17. The van der Waals surface area contributed by atoms with Crippen LogP contribution in [-0.4, -0.2) is 5.66 Å². The lowest BCUT2D eigenvalue weighted by Crippen LogP contribution is -1.89. The highest BCUT2D eigenvalue weighted by atomic mass is 31.0. The molecule has 0 aliphatic heterocycles. The van der Waals surface area contributed by atoms with Gasteiger partial charge in [-0.25, -0.2) is 0 Å². The quantitative estimate of drug-likeness (QED) is 0.204. The van der Waals surface area contributed by atoms with Crippen LogP contribution in [0.4, 0.5) is 0 Å². The standard InChI is InChI=1S/C19H41P/c1-3-4-5-6-7-8-9-10-11-12-13-14-15-16-17-18-19(2)20/h19H,3-18,20H2,1-2H3. The maximum Gasteiger partial charge on any atom is -0.0293 e. The molecule has 0 rings (SSSR count). The molecule has 0 saturated carbocycles. The molecule has 0 radical (unpaired) electrons. The lowest BCUT2D eigenvalue weighted by atomic mass is 10.0. The van der Waals surface area contributed by atoms with Gasteiger partial charge in [-0.2, -0.15) is 0 Å². The van der Waals surface area contributed by atoms with Crippen LogP contribution in [0.2, 0.25) is 0 Å². The third kappa shape index (κ3) is 18.4. The molecule has 0 nitrogen and oxygen atoms in total. The van der Waals surface area contributed by atoms with E-state index >= 15 is 0 Å². The van der Waals surface area contributed by atoms with Gasteiger partial charge in [0.2, 0.25) is 0 Å². The first-order valence-corrected chi connectivity index (χ1v) is 10.2. The minimum Gasteiger partial charge on any atom is -0.135 e. The highest BCUT2D eigenvalue weighted by Gasteiger charge is 1.95. The van der Waals surface area contributed by atoms with E-state index < -0.39 is 0 Å². The summed E-state index contributed by atoms with van der Waals surface area (Å²) in [5.41, 5.74) is 0.817.